The number of halogens is 2. The van der Waals surface area contributed by atoms with Gasteiger partial charge in [0.2, 0.25) is 0 Å². The number of nitrogens with one attached hydrogen (secondary N) is 1. The van der Waals surface area contributed by atoms with E-state index in [2.05, 4.69) is 10.5 Å². The molecule has 1 heterocycles. The van der Waals surface area contributed by atoms with Crippen molar-refractivity contribution < 1.29 is 4.74 Å². The maximum atomic E-state index is 6.26. The molecule has 108 valence electrons. The Morgan fingerprint density at radius 2 is 2.05 bits per heavy atom. The second kappa shape index (κ2) is 6.45. The summed E-state index contributed by atoms with van der Waals surface area (Å²) in [5, 5.41) is 5.34. The van der Waals surface area contributed by atoms with Gasteiger partial charge in [-0.2, -0.15) is 5.10 Å². The highest BCUT2D eigenvalue weighted by molar-refractivity contribution is 6.36. The molecule has 1 atom stereocenters. The van der Waals surface area contributed by atoms with Gasteiger partial charge in [0.1, 0.15) is 5.69 Å². The van der Waals surface area contributed by atoms with Gasteiger partial charge in [0.15, 0.2) is 5.75 Å². The Bertz CT molecular complexity index is 558. The van der Waals surface area contributed by atoms with Gasteiger partial charge in [0.05, 0.1) is 19.3 Å². The predicted molar refractivity (Wildman–Crippen MR) is 80.1 cm³/mol. The number of aromatic nitrogens is 2. The van der Waals surface area contributed by atoms with Crippen LogP contribution in [0, 0.1) is 0 Å². The van der Waals surface area contributed by atoms with Crippen LogP contribution in [0.5, 0.6) is 5.75 Å². The fourth-order valence-corrected chi connectivity index (χ4v) is 2.78. The van der Waals surface area contributed by atoms with Crippen molar-refractivity contribution in [3.63, 3.8) is 0 Å². The summed E-state index contributed by atoms with van der Waals surface area (Å²) < 4.78 is 7.14. The molecule has 0 saturated heterocycles. The molecule has 0 amide bonds. The molecular formula is C13H16Cl2N4O. The Balaban J connectivity index is 2.61. The van der Waals surface area contributed by atoms with Gasteiger partial charge in [-0.15, -0.1) is 0 Å². The van der Waals surface area contributed by atoms with Gasteiger partial charge in [-0.05, 0) is 19.1 Å². The number of ether oxygens (including phenoxy) is 1. The van der Waals surface area contributed by atoms with E-state index in [1.165, 1.54) is 0 Å². The van der Waals surface area contributed by atoms with E-state index in [-0.39, 0.29) is 0 Å². The summed E-state index contributed by atoms with van der Waals surface area (Å²) in [6, 6.07) is 4.92. The molecule has 0 fully saturated rings. The van der Waals surface area contributed by atoms with Crippen molar-refractivity contribution in [1.82, 2.24) is 15.2 Å². The number of nitrogens with two attached hydrogens (primary N) is 1. The van der Waals surface area contributed by atoms with Crippen molar-refractivity contribution in [3.05, 3.63) is 45.7 Å². The molecule has 0 aliphatic carbocycles. The zero-order valence-corrected chi connectivity index (χ0v) is 12.7. The first kappa shape index (κ1) is 15.1. The number of nitrogens with zero attached hydrogens (tertiary/aromatic N) is 2. The van der Waals surface area contributed by atoms with Crippen molar-refractivity contribution in [2.75, 3.05) is 7.11 Å². The SMILES string of the molecule is CCn1ncc(OC)c1C(NN)c1c(Cl)cccc1Cl. The Kier molecular flexibility index (Phi) is 4.88. The minimum atomic E-state index is -0.409. The lowest BCUT2D eigenvalue weighted by Crippen LogP contribution is -2.31. The van der Waals surface area contributed by atoms with Gasteiger partial charge in [-0.1, -0.05) is 29.3 Å². The number of hydrogen-bond donors (Lipinski definition) is 2. The van der Waals surface area contributed by atoms with Crippen molar-refractivity contribution in [2.24, 2.45) is 5.84 Å². The Morgan fingerprint density at radius 3 is 2.55 bits per heavy atom. The van der Waals surface area contributed by atoms with Crippen LogP contribution in [-0.2, 0) is 6.54 Å². The lowest BCUT2D eigenvalue weighted by Gasteiger charge is -2.21. The van der Waals surface area contributed by atoms with Crippen LogP contribution in [0.2, 0.25) is 10.0 Å². The zero-order chi connectivity index (χ0) is 14.7. The monoisotopic (exact) mass is 314 g/mol. The Hall–Kier alpha value is -1.27. The van der Waals surface area contributed by atoms with E-state index in [1.807, 2.05) is 6.92 Å². The standard InChI is InChI=1S/C13H16Cl2N4O/c1-3-19-13(10(20-2)7-17-19)12(18-16)11-8(14)5-4-6-9(11)15/h4-7,12,18H,3,16H2,1-2H3. The van der Waals surface area contributed by atoms with Crippen LogP contribution in [0.3, 0.4) is 0 Å². The molecule has 7 heteroatoms. The average molecular weight is 315 g/mol. The largest absolute Gasteiger partial charge is 0.493 e. The number of methoxy groups -OCH3 is 1. The van der Waals surface area contributed by atoms with E-state index < -0.39 is 6.04 Å². The molecule has 0 aliphatic heterocycles. The molecule has 0 saturated carbocycles. The molecule has 1 aromatic heterocycles. The van der Waals surface area contributed by atoms with Crippen molar-refractivity contribution in [3.8, 4) is 5.75 Å². The van der Waals surface area contributed by atoms with Crippen LogP contribution < -0.4 is 16.0 Å². The molecule has 1 aromatic carbocycles. The maximum Gasteiger partial charge on any atom is 0.161 e. The van der Waals surface area contributed by atoms with Gasteiger partial charge >= 0.3 is 0 Å². The normalized spacial score (nSPS) is 12.4. The number of benzene rings is 1. The molecule has 0 bridgehead atoms. The lowest BCUT2D eigenvalue weighted by atomic mass is 10.0. The van der Waals surface area contributed by atoms with E-state index in [0.717, 1.165) is 5.69 Å². The highest BCUT2D eigenvalue weighted by atomic mass is 35.5. The van der Waals surface area contributed by atoms with Crippen LogP contribution in [0.1, 0.15) is 24.2 Å². The van der Waals surface area contributed by atoms with Crippen LogP contribution in [0.15, 0.2) is 24.4 Å². The molecule has 0 aliphatic rings. The third-order valence-corrected chi connectivity index (χ3v) is 3.75. The third kappa shape index (κ3) is 2.62. The van der Waals surface area contributed by atoms with Gasteiger partial charge in [-0.3, -0.25) is 10.5 Å². The first-order chi connectivity index (χ1) is 9.63. The molecule has 2 aromatic rings. The van der Waals surface area contributed by atoms with E-state index in [0.29, 0.717) is 27.9 Å². The van der Waals surface area contributed by atoms with Crippen molar-refractivity contribution in [1.29, 1.82) is 0 Å². The summed E-state index contributed by atoms with van der Waals surface area (Å²) in [7, 11) is 1.59. The smallest absolute Gasteiger partial charge is 0.161 e. The maximum absolute atomic E-state index is 6.26. The summed E-state index contributed by atoms with van der Waals surface area (Å²) in [6.07, 6.45) is 1.65. The number of aryl methyl sites for hydroxylation is 1. The number of rotatable bonds is 5. The van der Waals surface area contributed by atoms with Crippen LogP contribution in [0.4, 0.5) is 0 Å². The fourth-order valence-electron chi connectivity index (χ4n) is 2.16. The van der Waals surface area contributed by atoms with E-state index in [1.54, 1.807) is 36.2 Å². The molecule has 2 rings (SSSR count). The zero-order valence-electron chi connectivity index (χ0n) is 11.2. The summed E-state index contributed by atoms with van der Waals surface area (Å²) in [4.78, 5) is 0. The van der Waals surface area contributed by atoms with Crippen LogP contribution in [0.25, 0.3) is 0 Å². The molecular weight excluding hydrogens is 299 g/mol. The van der Waals surface area contributed by atoms with E-state index >= 15 is 0 Å². The number of hydrogen-bond acceptors (Lipinski definition) is 4. The summed E-state index contributed by atoms with van der Waals surface area (Å²) in [5.74, 6) is 6.35. The molecule has 0 spiro atoms. The highest BCUT2D eigenvalue weighted by Crippen LogP contribution is 2.37. The molecule has 1 unspecified atom stereocenters. The summed E-state index contributed by atoms with van der Waals surface area (Å²) in [5.41, 5.74) is 4.23. The second-order valence-corrected chi connectivity index (χ2v) is 4.96. The first-order valence-corrected chi connectivity index (χ1v) is 6.89. The topological polar surface area (TPSA) is 65.1 Å². The molecule has 20 heavy (non-hydrogen) atoms. The van der Waals surface area contributed by atoms with Gasteiger partial charge in [-0.25, -0.2) is 5.43 Å². The molecule has 3 N–H and O–H groups in total. The number of hydrazine groups is 1. The fraction of sp³-hybridized carbons (Fsp3) is 0.308. The van der Waals surface area contributed by atoms with Gasteiger partial charge in [0.25, 0.3) is 0 Å². The van der Waals surface area contributed by atoms with Gasteiger partial charge < -0.3 is 4.74 Å². The summed E-state index contributed by atoms with van der Waals surface area (Å²) >= 11 is 12.5. The predicted octanol–water partition coefficient (Wildman–Crippen LogP) is 2.77. The minimum absolute atomic E-state index is 0.409. The Labute approximate surface area is 127 Å². The highest BCUT2D eigenvalue weighted by Gasteiger charge is 2.26. The van der Waals surface area contributed by atoms with Crippen molar-refractivity contribution >= 4 is 23.2 Å². The average Bonchev–Trinajstić information content (AvgIpc) is 2.85. The van der Waals surface area contributed by atoms with E-state index in [4.69, 9.17) is 33.8 Å². The lowest BCUT2D eigenvalue weighted by molar-refractivity contribution is 0.399. The Morgan fingerprint density at radius 1 is 1.40 bits per heavy atom. The second-order valence-electron chi connectivity index (χ2n) is 4.15. The van der Waals surface area contributed by atoms with Gasteiger partial charge in [0, 0.05) is 22.2 Å². The van der Waals surface area contributed by atoms with Crippen LogP contribution in [-0.4, -0.2) is 16.9 Å². The van der Waals surface area contributed by atoms with Crippen LogP contribution >= 0.6 is 23.2 Å². The minimum Gasteiger partial charge on any atom is -0.493 e. The van der Waals surface area contributed by atoms with E-state index in [9.17, 15) is 0 Å². The first-order valence-electron chi connectivity index (χ1n) is 6.13. The molecule has 5 nitrogen and oxygen atoms in total. The quantitative estimate of drug-likeness (QED) is 0.658. The summed E-state index contributed by atoms with van der Waals surface area (Å²) in [6.45, 7) is 2.66. The van der Waals surface area contributed by atoms with Crippen molar-refractivity contribution in [2.45, 2.75) is 19.5 Å². The molecule has 0 radical (unpaired) electrons. The third-order valence-electron chi connectivity index (χ3n) is 3.09.